The summed E-state index contributed by atoms with van der Waals surface area (Å²) in [5.41, 5.74) is 0. The average molecular weight is 228 g/mol. The molecular weight excluding hydrogens is 212 g/mol. The van der Waals surface area contributed by atoms with Gasteiger partial charge in [0.25, 0.3) is 0 Å². The average Bonchev–Trinajstić information content (AvgIpc) is 2.13. The first kappa shape index (κ1) is 12.5. The number of likely N-dealkylation sites (tertiary alicyclic amines) is 1. The van der Waals surface area contributed by atoms with E-state index in [4.69, 9.17) is 5.11 Å². The zero-order valence-electron chi connectivity index (χ0n) is 9.56. The van der Waals surface area contributed by atoms with Crippen LogP contribution in [0.4, 0.5) is 0 Å². The molecule has 2 amide bonds. The third-order valence-corrected chi connectivity index (χ3v) is 2.56. The van der Waals surface area contributed by atoms with E-state index < -0.39 is 18.1 Å². The zero-order valence-corrected chi connectivity index (χ0v) is 9.56. The molecule has 90 valence electrons. The highest BCUT2D eigenvalue weighted by Gasteiger charge is 2.44. The van der Waals surface area contributed by atoms with Crippen LogP contribution in [0.1, 0.15) is 20.8 Å². The van der Waals surface area contributed by atoms with Gasteiger partial charge in [0, 0.05) is 6.92 Å². The lowest BCUT2D eigenvalue weighted by molar-refractivity contribution is -0.161. The summed E-state index contributed by atoms with van der Waals surface area (Å²) in [5.74, 6) is -1.77. The number of hydrogen-bond acceptors (Lipinski definition) is 3. The number of nitrogens with one attached hydrogen (secondary N) is 1. The molecule has 1 rings (SSSR count). The molecule has 6 heteroatoms. The van der Waals surface area contributed by atoms with Crippen LogP contribution >= 0.6 is 0 Å². The van der Waals surface area contributed by atoms with Crippen molar-refractivity contribution in [1.29, 1.82) is 0 Å². The number of rotatable bonds is 4. The molecule has 2 N–H and O–H groups in total. The summed E-state index contributed by atoms with van der Waals surface area (Å²) >= 11 is 0. The summed E-state index contributed by atoms with van der Waals surface area (Å²) in [6.07, 6.45) is 0. The molecule has 0 aromatic carbocycles. The second-order valence-corrected chi connectivity index (χ2v) is 4.27. The number of carbonyl (C=O) groups is 3. The Morgan fingerprint density at radius 2 is 2.06 bits per heavy atom. The molecule has 0 saturated carbocycles. The highest BCUT2D eigenvalue weighted by molar-refractivity contribution is 5.94. The summed E-state index contributed by atoms with van der Waals surface area (Å²) in [5, 5.41) is 11.5. The van der Waals surface area contributed by atoms with Crippen LogP contribution in [0.2, 0.25) is 0 Å². The molecule has 0 spiro atoms. The Hall–Kier alpha value is -1.59. The van der Waals surface area contributed by atoms with Crippen molar-refractivity contribution >= 4 is 17.8 Å². The van der Waals surface area contributed by atoms with Crippen LogP contribution < -0.4 is 5.32 Å². The summed E-state index contributed by atoms with van der Waals surface area (Å²) in [7, 11) is 0. The second-order valence-electron chi connectivity index (χ2n) is 4.27. The van der Waals surface area contributed by atoms with Crippen LogP contribution in [0, 0.1) is 5.92 Å². The van der Waals surface area contributed by atoms with Crippen molar-refractivity contribution < 1.29 is 19.5 Å². The molecule has 1 aliphatic heterocycles. The van der Waals surface area contributed by atoms with Crippen LogP contribution in [0.25, 0.3) is 0 Å². The van der Waals surface area contributed by atoms with Crippen molar-refractivity contribution in [1.82, 2.24) is 10.2 Å². The van der Waals surface area contributed by atoms with Crippen molar-refractivity contribution in [3.8, 4) is 0 Å². The Morgan fingerprint density at radius 3 is 2.38 bits per heavy atom. The van der Waals surface area contributed by atoms with Crippen LogP contribution in [-0.2, 0) is 14.4 Å². The number of hydrogen-bond donors (Lipinski definition) is 2. The Morgan fingerprint density at radius 1 is 1.50 bits per heavy atom. The maximum atomic E-state index is 11.6. The Bertz CT molecular complexity index is 327. The third kappa shape index (κ3) is 2.32. The van der Waals surface area contributed by atoms with E-state index in [2.05, 4.69) is 5.32 Å². The Balaban J connectivity index is 2.62. The largest absolute Gasteiger partial charge is 0.480 e. The van der Waals surface area contributed by atoms with E-state index in [1.165, 1.54) is 11.8 Å². The molecule has 0 bridgehead atoms. The number of amides is 2. The first-order valence-corrected chi connectivity index (χ1v) is 5.15. The maximum Gasteiger partial charge on any atom is 0.326 e. The van der Waals surface area contributed by atoms with Gasteiger partial charge in [0.2, 0.25) is 11.8 Å². The topological polar surface area (TPSA) is 86.7 Å². The molecule has 0 radical (unpaired) electrons. The van der Waals surface area contributed by atoms with Gasteiger partial charge in [-0.3, -0.25) is 9.59 Å². The molecule has 16 heavy (non-hydrogen) atoms. The van der Waals surface area contributed by atoms with E-state index in [1.807, 2.05) is 0 Å². The summed E-state index contributed by atoms with van der Waals surface area (Å²) < 4.78 is 0. The number of carboxylic acids is 1. The molecule has 1 heterocycles. The fourth-order valence-electron chi connectivity index (χ4n) is 1.83. The van der Waals surface area contributed by atoms with Crippen LogP contribution in [0.15, 0.2) is 0 Å². The van der Waals surface area contributed by atoms with Gasteiger partial charge in [-0.25, -0.2) is 4.79 Å². The van der Waals surface area contributed by atoms with E-state index in [0.717, 1.165) is 0 Å². The normalized spacial score (nSPS) is 21.6. The lowest BCUT2D eigenvalue weighted by atomic mass is 9.96. The van der Waals surface area contributed by atoms with E-state index in [-0.39, 0.29) is 24.3 Å². The minimum atomic E-state index is -1.01. The first-order valence-electron chi connectivity index (χ1n) is 5.15. The van der Waals surface area contributed by atoms with E-state index in [9.17, 15) is 14.4 Å². The van der Waals surface area contributed by atoms with Gasteiger partial charge in [0.05, 0.1) is 6.54 Å². The van der Waals surface area contributed by atoms with E-state index >= 15 is 0 Å². The molecule has 6 nitrogen and oxygen atoms in total. The van der Waals surface area contributed by atoms with Gasteiger partial charge in [-0.05, 0) is 5.92 Å². The maximum absolute atomic E-state index is 11.6. The lowest BCUT2D eigenvalue weighted by Gasteiger charge is -2.43. The monoisotopic (exact) mass is 228 g/mol. The molecule has 0 aromatic heterocycles. The quantitative estimate of drug-likeness (QED) is 0.632. The third-order valence-electron chi connectivity index (χ3n) is 2.56. The summed E-state index contributed by atoms with van der Waals surface area (Å²) in [6.45, 7) is 5.09. The molecule has 1 saturated heterocycles. The molecule has 0 aromatic rings. The predicted molar refractivity (Wildman–Crippen MR) is 55.6 cm³/mol. The molecule has 2 unspecified atom stereocenters. The lowest BCUT2D eigenvalue weighted by Crippen LogP contribution is -2.68. The first-order chi connectivity index (χ1) is 7.34. The van der Waals surface area contributed by atoms with Gasteiger partial charge in [-0.2, -0.15) is 0 Å². The number of β-lactam (4-membered cyclic amide) rings is 1. The summed E-state index contributed by atoms with van der Waals surface area (Å²) in [4.78, 5) is 34.6. The molecule has 0 aliphatic carbocycles. The zero-order chi connectivity index (χ0) is 12.5. The van der Waals surface area contributed by atoms with Crippen LogP contribution in [0.3, 0.4) is 0 Å². The van der Waals surface area contributed by atoms with Crippen molar-refractivity contribution in [2.75, 3.05) is 6.54 Å². The highest BCUT2D eigenvalue weighted by atomic mass is 16.4. The Kier molecular flexibility index (Phi) is 3.51. The number of carbonyl (C=O) groups excluding carboxylic acids is 2. The smallest absolute Gasteiger partial charge is 0.326 e. The fourth-order valence-corrected chi connectivity index (χ4v) is 1.83. The number of aliphatic carboxylic acids is 1. The SMILES string of the molecule is CC(=O)NC1CN(C(C(=O)O)C(C)C)C1=O. The van der Waals surface area contributed by atoms with Gasteiger partial charge in [-0.15, -0.1) is 0 Å². The number of nitrogens with zero attached hydrogens (tertiary/aromatic N) is 1. The number of carboxylic acid groups (broad SMARTS) is 1. The fraction of sp³-hybridized carbons (Fsp3) is 0.700. The molecule has 2 atom stereocenters. The molecular formula is C10H16N2O4. The van der Waals surface area contributed by atoms with Gasteiger partial charge < -0.3 is 15.3 Å². The highest BCUT2D eigenvalue weighted by Crippen LogP contribution is 2.20. The predicted octanol–water partition coefficient (Wildman–Crippen LogP) is -0.557. The van der Waals surface area contributed by atoms with E-state index in [1.54, 1.807) is 13.8 Å². The van der Waals surface area contributed by atoms with Crippen molar-refractivity contribution in [2.24, 2.45) is 5.92 Å². The van der Waals surface area contributed by atoms with Crippen molar-refractivity contribution in [3.05, 3.63) is 0 Å². The van der Waals surface area contributed by atoms with Gasteiger partial charge >= 0.3 is 5.97 Å². The molecule has 1 fully saturated rings. The van der Waals surface area contributed by atoms with Gasteiger partial charge in [0.15, 0.2) is 0 Å². The van der Waals surface area contributed by atoms with Crippen molar-refractivity contribution in [2.45, 2.75) is 32.9 Å². The van der Waals surface area contributed by atoms with Crippen LogP contribution in [-0.4, -0.2) is 46.4 Å². The minimum absolute atomic E-state index is 0.153. The molecule has 1 aliphatic rings. The van der Waals surface area contributed by atoms with E-state index in [0.29, 0.717) is 0 Å². The minimum Gasteiger partial charge on any atom is -0.480 e. The summed E-state index contributed by atoms with van der Waals surface area (Å²) in [6, 6.07) is -1.37. The van der Waals surface area contributed by atoms with Gasteiger partial charge in [0.1, 0.15) is 12.1 Å². The van der Waals surface area contributed by atoms with Crippen LogP contribution in [0.5, 0.6) is 0 Å². The van der Waals surface area contributed by atoms with Gasteiger partial charge in [-0.1, -0.05) is 13.8 Å². The second kappa shape index (κ2) is 4.51. The Labute approximate surface area is 93.6 Å². The van der Waals surface area contributed by atoms with Crippen molar-refractivity contribution in [3.63, 3.8) is 0 Å². The standard InChI is InChI=1S/C10H16N2O4/c1-5(2)8(10(15)16)12-4-7(9(12)14)11-6(3)13/h5,7-8H,4H2,1-3H3,(H,11,13)(H,15,16).